The molecule has 0 bridgehead atoms. The first kappa shape index (κ1) is 18.1. The summed E-state index contributed by atoms with van der Waals surface area (Å²) >= 11 is 0. The molecular formula is C21H23N5O3. The van der Waals surface area contributed by atoms with Crippen LogP contribution >= 0.6 is 0 Å². The summed E-state index contributed by atoms with van der Waals surface area (Å²) in [6, 6.07) is 6.10. The van der Waals surface area contributed by atoms with Crippen LogP contribution in [-0.2, 0) is 24.3 Å². The molecule has 1 aromatic carbocycles. The molecule has 1 N–H and O–H groups in total. The van der Waals surface area contributed by atoms with Gasteiger partial charge in [0.05, 0.1) is 13.2 Å². The highest BCUT2D eigenvalue weighted by Gasteiger charge is 2.52. The topological polar surface area (TPSA) is 87.7 Å². The predicted molar refractivity (Wildman–Crippen MR) is 104 cm³/mol. The van der Waals surface area contributed by atoms with Crippen molar-refractivity contribution < 1.29 is 14.3 Å². The number of imide groups is 1. The minimum absolute atomic E-state index is 0.142. The highest BCUT2D eigenvalue weighted by Crippen LogP contribution is 2.32. The largest absolute Gasteiger partial charge is 0.493 e. The molecule has 4 heterocycles. The number of amides is 3. The molecule has 8 nitrogen and oxygen atoms in total. The molecular weight excluding hydrogens is 370 g/mol. The van der Waals surface area contributed by atoms with Gasteiger partial charge in [-0.25, -0.2) is 14.8 Å². The van der Waals surface area contributed by atoms with Crippen LogP contribution in [0.2, 0.25) is 0 Å². The zero-order valence-corrected chi connectivity index (χ0v) is 16.1. The second-order valence-electron chi connectivity index (χ2n) is 7.97. The Kier molecular flexibility index (Phi) is 4.43. The summed E-state index contributed by atoms with van der Waals surface area (Å²) in [6.45, 7) is 3.29. The Morgan fingerprint density at radius 3 is 2.66 bits per heavy atom. The van der Waals surface area contributed by atoms with Gasteiger partial charge in [-0.05, 0) is 30.0 Å². The molecule has 0 saturated carbocycles. The Hall–Kier alpha value is -3.00. The summed E-state index contributed by atoms with van der Waals surface area (Å²) in [6.07, 6.45) is 6.89. The molecule has 150 valence electrons. The molecule has 0 atom stereocenters. The van der Waals surface area contributed by atoms with E-state index in [0.29, 0.717) is 12.8 Å². The number of benzene rings is 1. The average molecular weight is 393 g/mol. The quantitative estimate of drug-likeness (QED) is 0.792. The highest BCUT2D eigenvalue weighted by molar-refractivity contribution is 6.07. The van der Waals surface area contributed by atoms with E-state index in [1.54, 1.807) is 12.4 Å². The third-order valence-corrected chi connectivity index (χ3v) is 6.08. The van der Waals surface area contributed by atoms with Crippen molar-refractivity contribution >= 4 is 11.9 Å². The van der Waals surface area contributed by atoms with Crippen LogP contribution in [0.5, 0.6) is 5.75 Å². The molecule has 8 heteroatoms. The van der Waals surface area contributed by atoms with E-state index in [1.807, 2.05) is 0 Å². The molecule has 0 radical (unpaired) electrons. The van der Waals surface area contributed by atoms with E-state index in [1.165, 1.54) is 22.4 Å². The molecule has 1 spiro atoms. The van der Waals surface area contributed by atoms with Gasteiger partial charge in [-0.3, -0.25) is 14.6 Å². The normalized spacial score (nSPS) is 20.6. The van der Waals surface area contributed by atoms with E-state index in [9.17, 15) is 9.59 Å². The van der Waals surface area contributed by atoms with Gasteiger partial charge in [0.25, 0.3) is 5.91 Å². The minimum atomic E-state index is -0.787. The first-order valence-electron chi connectivity index (χ1n) is 9.98. The number of carbonyl (C=O) groups is 2. The van der Waals surface area contributed by atoms with Crippen molar-refractivity contribution in [3.05, 3.63) is 53.6 Å². The third kappa shape index (κ3) is 3.33. The van der Waals surface area contributed by atoms with Gasteiger partial charge in [-0.15, -0.1) is 0 Å². The number of hydrogen-bond donors (Lipinski definition) is 1. The first-order chi connectivity index (χ1) is 14.1. The monoisotopic (exact) mass is 393 g/mol. The lowest BCUT2D eigenvalue weighted by atomic mass is 9.87. The van der Waals surface area contributed by atoms with Gasteiger partial charge < -0.3 is 10.1 Å². The Morgan fingerprint density at radius 1 is 1.07 bits per heavy atom. The van der Waals surface area contributed by atoms with Crippen LogP contribution in [0.15, 0.2) is 36.9 Å². The van der Waals surface area contributed by atoms with Crippen molar-refractivity contribution in [2.24, 2.45) is 0 Å². The van der Waals surface area contributed by atoms with Crippen LogP contribution in [0.1, 0.15) is 29.5 Å². The number of piperidine rings is 1. The predicted octanol–water partition coefficient (Wildman–Crippen LogP) is 1.50. The van der Waals surface area contributed by atoms with Gasteiger partial charge in [0.2, 0.25) is 0 Å². The van der Waals surface area contributed by atoms with Gasteiger partial charge in [0.1, 0.15) is 17.6 Å². The van der Waals surface area contributed by atoms with Gasteiger partial charge >= 0.3 is 6.03 Å². The van der Waals surface area contributed by atoms with Crippen LogP contribution in [0.4, 0.5) is 4.79 Å². The Morgan fingerprint density at radius 2 is 1.86 bits per heavy atom. The van der Waals surface area contributed by atoms with Crippen LogP contribution < -0.4 is 10.1 Å². The van der Waals surface area contributed by atoms with Crippen LogP contribution in [-0.4, -0.2) is 56.9 Å². The van der Waals surface area contributed by atoms with Gasteiger partial charge in [-0.2, -0.15) is 0 Å². The molecule has 2 fully saturated rings. The molecule has 0 aliphatic carbocycles. The number of hydrogen-bond acceptors (Lipinski definition) is 6. The Labute approximate surface area is 168 Å². The van der Waals surface area contributed by atoms with Crippen molar-refractivity contribution in [2.45, 2.75) is 37.9 Å². The number of likely N-dealkylation sites (tertiary alicyclic amines) is 1. The smallest absolute Gasteiger partial charge is 0.325 e. The maximum Gasteiger partial charge on any atom is 0.325 e. The molecule has 2 saturated heterocycles. The van der Waals surface area contributed by atoms with Gasteiger partial charge in [0.15, 0.2) is 0 Å². The first-order valence-corrected chi connectivity index (χ1v) is 9.98. The minimum Gasteiger partial charge on any atom is -0.493 e. The number of ether oxygens (including phenoxy) is 1. The van der Waals surface area contributed by atoms with E-state index in [-0.39, 0.29) is 18.5 Å². The van der Waals surface area contributed by atoms with Crippen molar-refractivity contribution in [2.75, 3.05) is 19.7 Å². The molecule has 1 aromatic heterocycles. The molecule has 2 aromatic rings. The van der Waals surface area contributed by atoms with E-state index in [4.69, 9.17) is 4.74 Å². The molecule has 3 aliphatic heterocycles. The van der Waals surface area contributed by atoms with Gasteiger partial charge in [-0.1, -0.05) is 12.1 Å². The van der Waals surface area contributed by atoms with E-state index >= 15 is 0 Å². The number of rotatable bonds is 4. The number of nitrogens with zero attached hydrogens (tertiary/aromatic N) is 4. The molecule has 3 aliphatic rings. The molecule has 0 unspecified atom stereocenters. The van der Waals surface area contributed by atoms with Crippen molar-refractivity contribution in [3.8, 4) is 5.75 Å². The van der Waals surface area contributed by atoms with Crippen molar-refractivity contribution in [3.63, 3.8) is 0 Å². The fraction of sp³-hybridized carbons (Fsp3) is 0.429. The zero-order valence-electron chi connectivity index (χ0n) is 16.1. The molecule has 29 heavy (non-hydrogen) atoms. The van der Waals surface area contributed by atoms with E-state index in [0.717, 1.165) is 44.0 Å². The average Bonchev–Trinajstić information content (AvgIpc) is 3.29. The SMILES string of the molecule is O=C1NC2(CCN(Cc3ccc4c(c3)OCC4)CC2)C(=O)N1Cc1cncnc1. The van der Waals surface area contributed by atoms with Crippen LogP contribution in [0.25, 0.3) is 0 Å². The maximum atomic E-state index is 13.1. The number of carbonyl (C=O) groups excluding carboxylic acids is 2. The fourth-order valence-electron chi connectivity index (χ4n) is 4.41. The standard InChI is InChI=1S/C21H23N5O3/c27-19-21(24-20(28)26(19)13-16-10-22-14-23-11-16)4-6-25(7-5-21)12-15-1-2-17-3-8-29-18(17)9-15/h1-2,9-11,14H,3-8,12-13H2,(H,24,28). The second kappa shape index (κ2) is 7.11. The lowest BCUT2D eigenvalue weighted by Crippen LogP contribution is -2.54. The zero-order chi connectivity index (χ0) is 19.8. The van der Waals surface area contributed by atoms with Crippen LogP contribution in [0.3, 0.4) is 0 Å². The second-order valence-corrected chi connectivity index (χ2v) is 7.97. The van der Waals surface area contributed by atoms with Crippen molar-refractivity contribution in [1.82, 2.24) is 25.1 Å². The highest BCUT2D eigenvalue weighted by atomic mass is 16.5. The van der Waals surface area contributed by atoms with Crippen molar-refractivity contribution in [1.29, 1.82) is 0 Å². The summed E-state index contributed by atoms with van der Waals surface area (Å²) in [5, 5.41) is 2.96. The molecule has 3 amide bonds. The number of nitrogens with one attached hydrogen (secondary N) is 1. The van der Waals surface area contributed by atoms with E-state index in [2.05, 4.69) is 38.4 Å². The summed E-state index contributed by atoms with van der Waals surface area (Å²) in [7, 11) is 0. The number of aromatic nitrogens is 2. The summed E-state index contributed by atoms with van der Waals surface area (Å²) in [5.41, 5.74) is 2.44. The summed E-state index contributed by atoms with van der Waals surface area (Å²) in [4.78, 5) is 37.0. The van der Waals surface area contributed by atoms with Gasteiger partial charge in [0, 0.05) is 44.0 Å². The number of fused-ring (bicyclic) bond motifs is 1. The lowest BCUT2D eigenvalue weighted by molar-refractivity contribution is -0.133. The maximum absolute atomic E-state index is 13.1. The summed E-state index contributed by atoms with van der Waals surface area (Å²) in [5.74, 6) is 0.853. The third-order valence-electron chi connectivity index (χ3n) is 6.08. The number of urea groups is 1. The van der Waals surface area contributed by atoms with Crippen LogP contribution in [0, 0.1) is 0 Å². The fourth-order valence-corrected chi connectivity index (χ4v) is 4.41. The lowest BCUT2D eigenvalue weighted by Gasteiger charge is -2.37. The summed E-state index contributed by atoms with van der Waals surface area (Å²) < 4.78 is 5.67. The van der Waals surface area contributed by atoms with E-state index < -0.39 is 5.54 Å². The Bertz CT molecular complexity index is 941. The molecule has 5 rings (SSSR count). The Balaban J connectivity index is 1.22.